The van der Waals surface area contributed by atoms with E-state index in [9.17, 15) is 9.59 Å². The van der Waals surface area contributed by atoms with Crippen molar-refractivity contribution in [1.82, 2.24) is 25.6 Å². The number of hydrogen-bond donors (Lipinski definition) is 2. The fourth-order valence-electron chi connectivity index (χ4n) is 2.72. The molecule has 4 rings (SSSR count). The Labute approximate surface area is 175 Å². The predicted molar refractivity (Wildman–Crippen MR) is 109 cm³/mol. The van der Waals surface area contributed by atoms with Crippen molar-refractivity contribution in [1.29, 1.82) is 0 Å². The van der Waals surface area contributed by atoms with Gasteiger partial charge in [-0.2, -0.15) is 5.10 Å². The molecule has 0 saturated carbocycles. The lowest BCUT2D eigenvalue weighted by molar-refractivity contribution is 0.0844. The number of benzene rings is 1. The van der Waals surface area contributed by atoms with Crippen molar-refractivity contribution in [2.75, 3.05) is 31.2 Å². The van der Waals surface area contributed by atoms with Gasteiger partial charge in [-0.3, -0.25) is 20.4 Å². The fourth-order valence-corrected chi connectivity index (χ4v) is 3.76. The zero-order chi connectivity index (χ0) is 20.2. The monoisotopic (exact) mass is 432 g/mol. The summed E-state index contributed by atoms with van der Waals surface area (Å²) >= 11 is 7.35. The summed E-state index contributed by atoms with van der Waals surface area (Å²) in [6.07, 6.45) is 2.95. The van der Waals surface area contributed by atoms with E-state index in [2.05, 4.69) is 25.8 Å². The SMILES string of the molecule is O=C(NNC(=O)c1csc(N2CCOCC2)n1)c1cnn(-c2cccc(Cl)c2)c1. The Bertz CT molecular complexity index is 1030. The minimum atomic E-state index is -0.490. The Morgan fingerprint density at radius 2 is 1.97 bits per heavy atom. The lowest BCUT2D eigenvalue weighted by Gasteiger charge is -2.25. The zero-order valence-corrected chi connectivity index (χ0v) is 16.7. The molecule has 2 N–H and O–H groups in total. The smallest absolute Gasteiger partial charge is 0.289 e. The van der Waals surface area contributed by atoms with Gasteiger partial charge in [0.1, 0.15) is 5.69 Å². The van der Waals surface area contributed by atoms with Crippen LogP contribution in [0.3, 0.4) is 0 Å². The zero-order valence-electron chi connectivity index (χ0n) is 15.2. The number of nitrogens with zero attached hydrogens (tertiary/aromatic N) is 4. The normalized spacial score (nSPS) is 13.9. The third kappa shape index (κ3) is 4.56. The van der Waals surface area contributed by atoms with E-state index in [0.717, 1.165) is 23.9 Å². The van der Waals surface area contributed by atoms with E-state index in [1.54, 1.807) is 29.8 Å². The molecule has 11 heteroatoms. The molecule has 150 valence electrons. The quantitative estimate of drug-likeness (QED) is 0.610. The maximum Gasteiger partial charge on any atom is 0.289 e. The first-order valence-corrected chi connectivity index (χ1v) is 10.1. The van der Waals surface area contributed by atoms with Gasteiger partial charge in [-0.15, -0.1) is 11.3 Å². The summed E-state index contributed by atoms with van der Waals surface area (Å²) in [5.41, 5.74) is 6.00. The van der Waals surface area contributed by atoms with Crippen molar-refractivity contribution in [2.45, 2.75) is 0 Å². The maximum atomic E-state index is 12.3. The second kappa shape index (κ2) is 8.60. The molecule has 3 aromatic rings. The van der Waals surface area contributed by atoms with Gasteiger partial charge in [0.2, 0.25) is 0 Å². The van der Waals surface area contributed by atoms with Gasteiger partial charge in [-0.25, -0.2) is 9.67 Å². The van der Waals surface area contributed by atoms with E-state index in [1.165, 1.54) is 22.2 Å². The van der Waals surface area contributed by atoms with Crippen molar-refractivity contribution in [2.24, 2.45) is 0 Å². The van der Waals surface area contributed by atoms with Crippen molar-refractivity contribution in [3.63, 3.8) is 0 Å². The van der Waals surface area contributed by atoms with Crippen LogP contribution >= 0.6 is 22.9 Å². The summed E-state index contributed by atoms with van der Waals surface area (Å²) in [5, 5.41) is 7.13. The van der Waals surface area contributed by atoms with Crippen molar-refractivity contribution < 1.29 is 14.3 Å². The molecule has 1 aliphatic heterocycles. The Morgan fingerprint density at radius 1 is 1.17 bits per heavy atom. The Hall–Kier alpha value is -2.95. The van der Waals surface area contributed by atoms with Crippen LogP contribution in [0.4, 0.5) is 5.13 Å². The van der Waals surface area contributed by atoms with Crippen LogP contribution in [0.5, 0.6) is 0 Å². The van der Waals surface area contributed by atoms with Gasteiger partial charge >= 0.3 is 0 Å². The van der Waals surface area contributed by atoms with Crippen molar-refractivity contribution >= 4 is 39.9 Å². The molecule has 0 bridgehead atoms. The third-order valence-electron chi connectivity index (χ3n) is 4.21. The van der Waals surface area contributed by atoms with Gasteiger partial charge in [-0.1, -0.05) is 17.7 Å². The van der Waals surface area contributed by atoms with Crippen LogP contribution in [0.1, 0.15) is 20.8 Å². The molecule has 1 fully saturated rings. The Balaban J connectivity index is 1.35. The Kier molecular flexibility index (Phi) is 5.74. The lowest BCUT2D eigenvalue weighted by Crippen LogP contribution is -2.41. The molecule has 0 aliphatic carbocycles. The summed E-state index contributed by atoms with van der Waals surface area (Å²) in [6, 6.07) is 7.09. The molecule has 1 aromatic carbocycles. The molecule has 0 spiro atoms. The summed E-state index contributed by atoms with van der Waals surface area (Å²) in [7, 11) is 0. The van der Waals surface area contributed by atoms with Crippen LogP contribution in [0, 0.1) is 0 Å². The molecule has 9 nitrogen and oxygen atoms in total. The van der Waals surface area contributed by atoms with Crippen LogP contribution in [-0.4, -0.2) is 52.9 Å². The average molecular weight is 433 g/mol. The van der Waals surface area contributed by atoms with Gasteiger partial charge in [0.25, 0.3) is 11.8 Å². The highest BCUT2D eigenvalue weighted by molar-refractivity contribution is 7.13. The number of amides is 2. The molecule has 1 saturated heterocycles. The number of halogens is 1. The largest absolute Gasteiger partial charge is 0.378 e. The van der Waals surface area contributed by atoms with Gasteiger partial charge in [0.15, 0.2) is 5.13 Å². The first-order valence-electron chi connectivity index (χ1n) is 8.80. The van der Waals surface area contributed by atoms with Crippen LogP contribution in [0.2, 0.25) is 5.02 Å². The van der Waals surface area contributed by atoms with Gasteiger partial charge < -0.3 is 9.64 Å². The Morgan fingerprint density at radius 3 is 2.76 bits per heavy atom. The summed E-state index contributed by atoms with van der Waals surface area (Å²) in [5.74, 6) is -0.980. The molecule has 2 aromatic heterocycles. The van der Waals surface area contributed by atoms with E-state index in [-0.39, 0.29) is 11.3 Å². The van der Waals surface area contributed by atoms with Gasteiger partial charge in [0, 0.05) is 29.7 Å². The number of ether oxygens (including phenoxy) is 1. The van der Waals surface area contributed by atoms with E-state index in [1.807, 2.05) is 6.07 Å². The number of carbonyl (C=O) groups is 2. The maximum absolute atomic E-state index is 12.3. The summed E-state index contributed by atoms with van der Waals surface area (Å²) in [4.78, 5) is 31.0. The van der Waals surface area contributed by atoms with E-state index in [4.69, 9.17) is 16.3 Å². The van der Waals surface area contributed by atoms with E-state index >= 15 is 0 Å². The van der Waals surface area contributed by atoms with Crippen molar-refractivity contribution in [3.05, 3.63) is 58.3 Å². The highest BCUT2D eigenvalue weighted by atomic mass is 35.5. The standard InChI is InChI=1S/C18H17ClN6O3S/c19-13-2-1-3-14(8-13)25-10-12(9-20-25)16(26)22-23-17(27)15-11-29-18(21-15)24-4-6-28-7-5-24/h1-3,8-11H,4-7H2,(H,22,26)(H,23,27). The first kappa shape index (κ1) is 19.4. The number of hydrogen-bond acceptors (Lipinski definition) is 7. The van der Waals surface area contributed by atoms with Crippen LogP contribution in [0.15, 0.2) is 42.0 Å². The molecular weight excluding hydrogens is 416 g/mol. The topological polar surface area (TPSA) is 101 Å². The summed E-state index contributed by atoms with van der Waals surface area (Å²) < 4.78 is 6.84. The van der Waals surface area contributed by atoms with Gasteiger partial charge in [-0.05, 0) is 18.2 Å². The molecular formula is C18H17ClN6O3S. The summed E-state index contributed by atoms with van der Waals surface area (Å²) in [6.45, 7) is 2.75. The highest BCUT2D eigenvalue weighted by Gasteiger charge is 2.18. The number of nitrogens with one attached hydrogen (secondary N) is 2. The number of anilines is 1. The first-order chi connectivity index (χ1) is 14.1. The number of thiazole rings is 1. The fraction of sp³-hybridized carbons (Fsp3) is 0.222. The van der Waals surface area contributed by atoms with E-state index < -0.39 is 11.8 Å². The average Bonchev–Trinajstić information content (AvgIpc) is 3.42. The second-order valence-electron chi connectivity index (χ2n) is 6.18. The number of aromatic nitrogens is 3. The number of carbonyl (C=O) groups excluding carboxylic acids is 2. The molecule has 1 aliphatic rings. The van der Waals surface area contributed by atoms with E-state index in [0.29, 0.717) is 18.2 Å². The number of morpholine rings is 1. The molecule has 0 radical (unpaired) electrons. The van der Waals surface area contributed by atoms with Crippen LogP contribution in [-0.2, 0) is 4.74 Å². The second-order valence-corrected chi connectivity index (χ2v) is 7.45. The number of hydrazine groups is 1. The van der Waals surface area contributed by atoms with Crippen molar-refractivity contribution in [3.8, 4) is 5.69 Å². The predicted octanol–water partition coefficient (Wildman–Crippen LogP) is 1.89. The minimum Gasteiger partial charge on any atom is -0.378 e. The van der Waals surface area contributed by atoms with Gasteiger partial charge in [0.05, 0.1) is 30.7 Å². The molecule has 2 amide bonds. The molecule has 29 heavy (non-hydrogen) atoms. The highest BCUT2D eigenvalue weighted by Crippen LogP contribution is 2.21. The lowest BCUT2D eigenvalue weighted by atomic mass is 10.3. The molecule has 0 atom stereocenters. The third-order valence-corrected chi connectivity index (χ3v) is 5.35. The molecule has 3 heterocycles. The molecule has 0 unspecified atom stereocenters. The van der Waals surface area contributed by atoms with Crippen LogP contribution in [0.25, 0.3) is 5.69 Å². The van der Waals surface area contributed by atoms with Crippen LogP contribution < -0.4 is 15.8 Å². The number of rotatable bonds is 4. The minimum absolute atomic E-state index is 0.242.